The third kappa shape index (κ3) is 5.31. The van der Waals surface area contributed by atoms with E-state index in [1.165, 1.54) is 6.08 Å². The van der Waals surface area contributed by atoms with Gasteiger partial charge in [0.25, 0.3) is 11.1 Å². The number of thioether (sulfide) groups is 1. The lowest BCUT2D eigenvalue weighted by molar-refractivity contribution is -0.139. The van der Waals surface area contributed by atoms with Crippen LogP contribution < -0.4 is 4.74 Å². The molecule has 0 radical (unpaired) electrons. The van der Waals surface area contributed by atoms with Crippen LogP contribution in [-0.2, 0) is 14.4 Å². The summed E-state index contributed by atoms with van der Waals surface area (Å²) >= 11 is 6.16. The van der Waals surface area contributed by atoms with Crippen molar-refractivity contribution in [1.29, 1.82) is 0 Å². The minimum absolute atomic E-state index is 0.151. The van der Waals surface area contributed by atoms with Crippen LogP contribution in [-0.4, -0.2) is 64.2 Å². The average molecular weight is 595 g/mol. The molecule has 2 fully saturated rings. The van der Waals surface area contributed by atoms with E-state index >= 15 is 0 Å². The Kier molecular flexibility index (Phi) is 7.22. The lowest BCUT2D eigenvalue weighted by Crippen LogP contribution is -2.40. The summed E-state index contributed by atoms with van der Waals surface area (Å²) in [5.74, 6) is -1.67. The van der Waals surface area contributed by atoms with Crippen molar-refractivity contribution in [1.82, 2.24) is 9.80 Å². The van der Waals surface area contributed by atoms with E-state index in [-0.39, 0.29) is 23.1 Å². The molecule has 1 aromatic rings. The Balaban J connectivity index is 1.83. The van der Waals surface area contributed by atoms with Gasteiger partial charge in [-0.15, -0.1) is 0 Å². The molecule has 0 aromatic heterocycles. The highest BCUT2D eigenvalue weighted by molar-refractivity contribution is 14.1. The Morgan fingerprint density at radius 3 is 2.62 bits per heavy atom. The van der Waals surface area contributed by atoms with E-state index in [4.69, 9.17) is 9.84 Å². The smallest absolute Gasteiger partial charge is 0.341 e. The molecule has 2 aliphatic rings. The van der Waals surface area contributed by atoms with Gasteiger partial charge in [-0.1, -0.05) is 0 Å². The minimum Gasteiger partial charge on any atom is -0.480 e. The van der Waals surface area contributed by atoms with Gasteiger partial charge >= 0.3 is 5.97 Å². The monoisotopic (exact) mass is 594 g/mol. The quantitative estimate of drug-likeness (QED) is 0.398. The first-order valence-electron chi connectivity index (χ1n) is 8.63. The number of amides is 3. The molecular weight excluding hydrogens is 579 g/mol. The number of carboxylic acid groups (broad SMARTS) is 1. The molecule has 0 bridgehead atoms. The number of halogens is 2. The zero-order valence-electron chi connectivity index (χ0n) is 15.0. The second-order valence-electron chi connectivity index (χ2n) is 6.34. The summed E-state index contributed by atoms with van der Waals surface area (Å²) in [7, 11) is 0. The number of carboxylic acids is 1. The first-order valence-corrected chi connectivity index (χ1v) is 11.3. The number of ether oxygens (including phenoxy) is 1. The van der Waals surface area contributed by atoms with Crippen molar-refractivity contribution in [3.8, 4) is 5.75 Å². The summed E-state index contributed by atoms with van der Waals surface area (Å²) in [6.07, 6.45) is 3.33. The highest BCUT2D eigenvalue weighted by Crippen LogP contribution is 2.37. The number of hydrogen-bond donors (Lipinski definition) is 1. The van der Waals surface area contributed by atoms with Crippen LogP contribution in [0.25, 0.3) is 6.08 Å². The Morgan fingerprint density at radius 1 is 1.28 bits per heavy atom. The SMILES string of the molecule is O=C(O)COc1c(Br)cc(I)cc1/C=C1/SC(=O)N(CC(=O)N2CCCC2)C1=O. The highest BCUT2D eigenvalue weighted by Gasteiger charge is 2.37. The summed E-state index contributed by atoms with van der Waals surface area (Å²) in [5, 5.41) is 8.37. The molecule has 3 rings (SSSR count). The fourth-order valence-corrected chi connectivity index (χ4v) is 5.45. The third-order valence-corrected chi connectivity index (χ3v) is 6.41. The Bertz CT molecular complexity index is 916. The zero-order valence-corrected chi connectivity index (χ0v) is 19.6. The summed E-state index contributed by atoms with van der Waals surface area (Å²) in [6, 6.07) is 3.46. The summed E-state index contributed by atoms with van der Waals surface area (Å²) in [4.78, 5) is 50.9. The van der Waals surface area contributed by atoms with Gasteiger partial charge < -0.3 is 14.7 Å². The second-order valence-corrected chi connectivity index (χ2v) is 9.44. The molecule has 2 aliphatic heterocycles. The molecule has 0 aliphatic carbocycles. The number of hydrogen-bond acceptors (Lipinski definition) is 6. The maximum atomic E-state index is 12.7. The predicted molar refractivity (Wildman–Crippen MR) is 118 cm³/mol. The van der Waals surface area contributed by atoms with Gasteiger partial charge in [-0.3, -0.25) is 19.3 Å². The molecule has 29 heavy (non-hydrogen) atoms. The predicted octanol–water partition coefficient (Wildman–Crippen LogP) is 3.18. The van der Waals surface area contributed by atoms with E-state index in [0.717, 1.165) is 33.1 Å². The number of carbonyl (C=O) groups excluding carboxylic acids is 3. The van der Waals surface area contributed by atoms with E-state index in [1.807, 2.05) is 0 Å². The molecule has 0 saturated carbocycles. The zero-order chi connectivity index (χ0) is 21.1. The second kappa shape index (κ2) is 9.47. The van der Waals surface area contributed by atoms with Crippen molar-refractivity contribution in [3.63, 3.8) is 0 Å². The Hall–Kier alpha value is -1.60. The van der Waals surface area contributed by atoms with Crippen molar-refractivity contribution in [2.45, 2.75) is 12.8 Å². The van der Waals surface area contributed by atoms with Gasteiger partial charge in [0.05, 0.1) is 9.38 Å². The maximum absolute atomic E-state index is 12.7. The highest BCUT2D eigenvalue weighted by atomic mass is 127. The number of nitrogens with zero attached hydrogens (tertiary/aromatic N) is 2. The van der Waals surface area contributed by atoms with Gasteiger partial charge in [0.15, 0.2) is 6.61 Å². The van der Waals surface area contributed by atoms with Crippen molar-refractivity contribution >= 4 is 79.4 Å². The minimum atomic E-state index is -1.14. The van der Waals surface area contributed by atoms with Crippen molar-refractivity contribution < 1.29 is 29.0 Å². The molecule has 11 heteroatoms. The van der Waals surface area contributed by atoms with Crippen LogP contribution in [0.3, 0.4) is 0 Å². The van der Waals surface area contributed by atoms with E-state index in [9.17, 15) is 19.2 Å². The summed E-state index contributed by atoms with van der Waals surface area (Å²) in [5.41, 5.74) is 0.460. The van der Waals surface area contributed by atoms with Gasteiger partial charge in [0, 0.05) is 22.2 Å². The van der Waals surface area contributed by atoms with Crippen LogP contribution >= 0.6 is 50.3 Å². The Labute approximate surface area is 192 Å². The summed E-state index contributed by atoms with van der Waals surface area (Å²) in [6.45, 7) is 0.462. The van der Waals surface area contributed by atoms with Gasteiger partial charge in [-0.2, -0.15) is 0 Å². The van der Waals surface area contributed by atoms with E-state index in [2.05, 4.69) is 38.5 Å². The fraction of sp³-hybridized carbons (Fsp3) is 0.333. The topological polar surface area (TPSA) is 104 Å². The molecule has 2 heterocycles. The number of rotatable bonds is 6. The molecule has 0 atom stereocenters. The van der Waals surface area contributed by atoms with Crippen LogP contribution in [0, 0.1) is 3.57 Å². The normalized spacial score (nSPS) is 18.1. The first kappa shape index (κ1) is 22.1. The molecular formula is C18H16BrIN2O6S. The molecule has 1 aromatic carbocycles. The number of imide groups is 1. The number of likely N-dealkylation sites (tertiary alicyclic amines) is 1. The van der Waals surface area contributed by atoms with Crippen molar-refractivity contribution in [2.24, 2.45) is 0 Å². The Morgan fingerprint density at radius 2 is 1.97 bits per heavy atom. The molecule has 8 nitrogen and oxygen atoms in total. The molecule has 0 unspecified atom stereocenters. The van der Waals surface area contributed by atoms with Gasteiger partial charge in [0.1, 0.15) is 12.3 Å². The van der Waals surface area contributed by atoms with Gasteiger partial charge in [-0.05, 0) is 81.3 Å². The molecule has 0 spiro atoms. The molecule has 1 N–H and O–H groups in total. The van der Waals surface area contributed by atoms with Crippen LogP contribution in [0.1, 0.15) is 18.4 Å². The molecule has 3 amide bonds. The fourth-order valence-electron chi connectivity index (χ4n) is 2.95. The average Bonchev–Trinajstić information content (AvgIpc) is 3.25. The molecule has 154 valence electrons. The number of carbonyl (C=O) groups is 4. The first-order chi connectivity index (χ1) is 13.8. The van der Waals surface area contributed by atoms with Crippen molar-refractivity contribution in [2.75, 3.05) is 26.2 Å². The standard InChI is InChI=1S/C18H16BrIN2O6S/c19-12-7-11(20)5-10(16(12)28-9-15(24)25)6-13-17(26)22(18(27)29-13)8-14(23)21-3-1-2-4-21/h5-7H,1-4,8-9H2,(H,24,25)/b13-6+. The third-order valence-electron chi connectivity index (χ3n) is 4.29. The summed E-state index contributed by atoms with van der Waals surface area (Å²) < 4.78 is 6.70. The van der Waals surface area contributed by atoms with Crippen LogP contribution in [0.5, 0.6) is 5.75 Å². The lowest BCUT2D eigenvalue weighted by Gasteiger charge is -2.18. The van der Waals surface area contributed by atoms with E-state index in [1.54, 1.807) is 17.0 Å². The van der Waals surface area contributed by atoms with Crippen LogP contribution in [0.15, 0.2) is 21.5 Å². The van der Waals surface area contributed by atoms with Crippen molar-refractivity contribution in [3.05, 3.63) is 30.6 Å². The van der Waals surface area contributed by atoms with Gasteiger partial charge in [-0.25, -0.2) is 4.79 Å². The maximum Gasteiger partial charge on any atom is 0.341 e. The van der Waals surface area contributed by atoms with Crippen LogP contribution in [0.4, 0.5) is 4.79 Å². The van der Waals surface area contributed by atoms with Gasteiger partial charge in [0.2, 0.25) is 5.91 Å². The van der Waals surface area contributed by atoms with E-state index in [0.29, 0.717) is 23.1 Å². The largest absolute Gasteiger partial charge is 0.480 e. The van der Waals surface area contributed by atoms with E-state index < -0.39 is 23.7 Å². The lowest BCUT2D eigenvalue weighted by atomic mass is 10.2. The van der Waals surface area contributed by atoms with Crippen LogP contribution in [0.2, 0.25) is 0 Å². The molecule has 2 saturated heterocycles. The number of benzene rings is 1. The number of aliphatic carboxylic acids is 1.